The van der Waals surface area contributed by atoms with Crippen LogP contribution in [0.1, 0.15) is 55.1 Å². The summed E-state index contributed by atoms with van der Waals surface area (Å²) in [6.45, 7) is 5.12. The molecule has 5 rings (SSSR count). The molecule has 1 saturated carbocycles. The number of amides is 5. The van der Waals surface area contributed by atoms with Gasteiger partial charge in [0.05, 0.1) is 18.5 Å². The quantitative estimate of drug-likeness (QED) is 0.298. The fourth-order valence-corrected chi connectivity index (χ4v) is 5.94. The number of piperazine rings is 1. The second-order valence-corrected chi connectivity index (χ2v) is 12.4. The Morgan fingerprint density at radius 2 is 1.73 bits per heavy atom. The molecular formula is C33H42N6O9. The average molecular weight is 667 g/mol. The lowest BCUT2D eigenvalue weighted by atomic mass is 10.1. The number of aliphatic carboxylic acids is 1. The Hall–Kier alpha value is -4.95. The molecule has 2 aromatic rings. The number of hydrogen-bond acceptors (Lipinski definition) is 9. The van der Waals surface area contributed by atoms with Crippen LogP contribution in [0, 0.1) is 12.8 Å². The van der Waals surface area contributed by atoms with Crippen molar-refractivity contribution in [3.8, 4) is 5.75 Å². The molecule has 258 valence electrons. The first-order valence-corrected chi connectivity index (χ1v) is 16.4. The minimum absolute atomic E-state index is 0.135. The number of benzene rings is 1. The van der Waals surface area contributed by atoms with Gasteiger partial charge in [0.25, 0.3) is 11.8 Å². The van der Waals surface area contributed by atoms with Crippen LogP contribution in [0.5, 0.6) is 5.75 Å². The van der Waals surface area contributed by atoms with Crippen molar-refractivity contribution in [3.63, 3.8) is 0 Å². The Labute approximate surface area is 277 Å². The standard InChI is InChI=1S/C33H42N6O9/c1-3-47-33(46)38-13-11-37(12-14-38)32(45)25(17-29(41)42)36-30(43)24-16-27(22-9-6-20(2)15-23(22)35-24)48-19-28(40)39-10-4-5-26(39)31(44)34-18-21-7-8-21/h6,9,15-16,21,25-26H,3-5,7-8,10-14,17-19H2,1-2H3,(H,34,44)(H,36,43)(H,41,42)/t25-,26-/m0/s1. The fraction of sp³-hybridized carbons (Fsp3) is 0.545. The monoisotopic (exact) mass is 666 g/mol. The summed E-state index contributed by atoms with van der Waals surface area (Å²) in [6, 6.07) is 4.73. The summed E-state index contributed by atoms with van der Waals surface area (Å²) in [5, 5.41) is 15.6. The van der Waals surface area contributed by atoms with E-state index >= 15 is 0 Å². The van der Waals surface area contributed by atoms with E-state index in [1.807, 2.05) is 13.0 Å². The maximum Gasteiger partial charge on any atom is 0.409 e. The molecule has 1 aromatic carbocycles. The lowest BCUT2D eigenvalue weighted by Crippen LogP contribution is -2.56. The first-order valence-electron chi connectivity index (χ1n) is 16.4. The van der Waals surface area contributed by atoms with E-state index in [0.717, 1.165) is 18.4 Å². The zero-order chi connectivity index (χ0) is 34.4. The van der Waals surface area contributed by atoms with Crippen LogP contribution in [0.3, 0.4) is 0 Å². The second-order valence-electron chi connectivity index (χ2n) is 12.4. The van der Waals surface area contributed by atoms with Gasteiger partial charge in [-0.15, -0.1) is 0 Å². The molecule has 3 heterocycles. The molecule has 1 aliphatic carbocycles. The predicted molar refractivity (Wildman–Crippen MR) is 171 cm³/mol. The zero-order valence-corrected chi connectivity index (χ0v) is 27.2. The van der Waals surface area contributed by atoms with E-state index in [2.05, 4.69) is 15.6 Å². The number of carboxylic acids is 1. The third kappa shape index (κ3) is 8.49. The molecule has 15 nitrogen and oxygen atoms in total. The minimum atomic E-state index is -1.40. The highest BCUT2D eigenvalue weighted by molar-refractivity contribution is 6.00. The molecule has 2 saturated heterocycles. The number of hydrogen-bond donors (Lipinski definition) is 3. The third-order valence-electron chi connectivity index (χ3n) is 8.75. The zero-order valence-electron chi connectivity index (χ0n) is 27.2. The van der Waals surface area contributed by atoms with E-state index in [1.54, 1.807) is 19.1 Å². The van der Waals surface area contributed by atoms with Crippen molar-refractivity contribution >= 4 is 46.6 Å². The number of nitrogens with one attached hydrogen (secondary N) is 2. The van der Waals surface area contributed by atoms with Gasteiger partial charge in [-0.1, -0.05) is 6.07 Å². The van der Waals surface area contributed by atoms with Gasteiger partial charge in [0, 0.05) is 50.7 Å². The number of carbonyl (C=O) groups is 6. The Bertz CT molecular complexity index is 1570. The highest BCUT2D eigenvalue weighted by Gasteiger charge is 2.36. The highest BCUT2D eigenvalue weighted by Crippen LogP contribution is 2.29. The van der Waals surface area contributed by atoms with Gasteiger partial charge >= 0.3 is 12.1 Å². The molecule has 0 bridgehead atoms. The van der Waals surface area contributed by atoms with Gasteiger partial charge in [0.2, 0.25) is 11.8 Å². The van der Waals surface area contributed by atoms with Crippen LogP contribution in [-0.4, -0.2) is 125 Å². The van der Waals surface area contributed by atoms with Crippen molar-refractivity contribution in [2.24, 2.45) is 5.92 Å². The number of rotatable bonds is 12. The number of nitrogens with zero attached hydrogens (tertiary/aromatic N) is 4. The third-order valence-corrected chi connectivity index (χ3v) is 8.75. The number of aromatic nitrogens is 1. The molecule has 2 aliphatic heterocycles. The van der Waals surface area contributed by atoms with Crippen LogP contribution in [0.25, 0.3) is 10.9 Å². The molecule has 15 heteroatoms. The molecule has 0 spiro atoms. The van der Waals surface area contributed by atoms with Gasteiger partial charge in [-0.2, -0.15) is 0 Å². The summed E-state index contributed by atoms with van der Waals surface area (Å²) in [4.78, 5) is 85.5. The Morgan fingerprint density at radius 3 is 2.42 bits per heavy atom. The smallest absolute Gasteiger partial charge is 0.409 e. The van der Waals surface area contributed by atoms with Crippen LogP contribution in [0.15, 0.2) is 24.3 Å². The van der Waals surface area contributed by atoms with Crippen LogP contribution in [0.4, 0.5) is 4.79 Å². The number of ether oxygens (including phenoxy) is 2. The molecule has 1 aromatic heterocycles. The number of likely N-dealkylation sites (tertiary alicyclic amines) is 1. The molecule has 0 radical (unpaired) electrons. The largest absolute Gasteiger partial charge is 0.483 e. The maximum atomic E-state index is 13.5. The normalized spacial score (nSPS) is 18.3. The number of aryl methyl sites for hydroxylation is 1. The van der Waals surface area contributed by atoms with Gasteiger partial charge in [0.15, 0.2) is 6.61 Å². The van der Waals surface area contributed by atoms with Crippen LogP contribution in [-0.2, 0) is 23.9 Å². The molecule has 5 amide bonds. The Morgan fingerprint density at radius 1 is 1.00 bits per heavy atom. The topological polar surface area (TPSA) is 188 Å². The molecule has 3 N–H and O–H groups in total. The predicted octanol–water partition coefficient (Wildman–Crippen LogP) is 1.31. The van der Waals surface area contributed by atoms with E-state index in [1.165, 1.54) is 20.8 Å². The maximum absolute atomic E-state index is 13.5. The van der Waals surface area contributed by atoms with Crippen LogP contribution in [0.2, 0.25) is 0 Å². The van der Waals surface area contributed by atoms with Crippen LogP contribution >= 0.6 is 0 Å². The van der Waals surface area contributed by atoms with E-state index in [-0.39, 0.29) is 62.7 Å². The van der Waals surface area contributed by atoms with Gasteiger partial charge in [0.1, 0.15) is 23.5 Å². The average Bonchev–Trinajstić information content (AvgIpc) is 3.77. The second kappa shape index (κ2) is 15.3. The van der Waals surface area contributed by atoms with Crippen molar-refractivity contribution in [3.05, 3.63) is 35.5 Å². The Kier molecular flexibility index (Phi) is 11.0. The molecule has 0 unspecified atom stereocenters. The summed E-state index contributed by atoms with van der Waals surface area (Å²) in [5.74, 6) is -2.50. The van der Waals surface area contributed by atoms with Crippen molar-refractivity contribution in [2.45, 2.75) is 58.0 Å². The van der Waals surface area contributed by atoms with Gasteiger partial charge in [-0.25, -0.2) is 9.78 Å². The van der Waals surface area contributed by atoms with Crippen LogP contribution < -0.4 is 15.4 Å². The molecular weight excluding hydrogens is 624 g/mol. The summed E-state index contributed by atoms with van der Waals surface area (Å²) < 4.78 is 11.0. The minimum Gasteiger partial charge on any atom is -0.483 e. The first kappa shape index (κ1) is 34.4. The number of fused-ring (bicyclic) bond motifs is 1. The van der Waals surface area contributed by atoms with E-state index < -0.39 is 42.4 Å². The van der Waals surface area contributed by atoms with Crippen molar-refractivity contribution in [1.29, 1.82) is 0 Å². The SMILES string of the molecule is CCOC(=O)N1CCN(C(=O)[C@H](CC(=O)O)NC(=O)c2cc(OCC(=O)N3CCC[C@H]3C(=O)NCC3CC3)c3ccc(C)cc3n2)CC1. The van der Waals surface area contributed by atoms with E-state index in [4.69, 9.17) is 9.47 Å². The molecule has 48 heavy (non-hydrogen) atoms. The molecule has 3 fully saturated rings. The van der Waals surface area contributed by atoms with Gasteiger partial charge in [-0.3, -0.25) is 24.0 Å². The highest BCUT2D eigenvalue weighted by atomic mass is 16.6. The van der Waals surface area contributed by atoms with Crippen molar-refractivity contribution < 1.29 is 43.3 Å². The summed E-state index contributed by atoms with van der Waals surface area (Å²) >= 11 is 0. The fourth-order valence-electron chi connectivity index (χ4n) is 5.94. The van der Waals surface area contributed by atoms with Gasteiger partial charge < -0.3 is 39.9 Å². The number of carboxylic acid groups (broad SMARTS) is 1. The first-order chi connectivity index (χ1) is 23.0. The lowest BCUT2D eigenvalue weighted by Gasteiger charge is -2.35. The number of carbonyl (C=O) groups excluding carboxylic acids is 5. The van der Waals surface area contributed by atoms with E-state index in [0.29, 0.717) is 42.8 Å². The van der Waals surface area contributed by atoms with Crippen molar-refractivity contribution in [1.82, 2.24) is 30.3 Å². The Balaban J connectivity index is 1.28. The molecule has 3 aliphatic rings. The summed E-state index contributed by atoms with van der Waals surface area (Å²) in [6.07, 6.45) is 2.32. The lowest BCUT2D eigenvalue weighted by molar-refractivity contribution is -0.143. The summed E-state index contributed by atoms with van der Waals surface area (Å²) in [5.41, 5.74) is 1.12. The van der Waals surface area contributed by atoms with E-state index in [9.17, 15) is 33.9 Å². The molecule has 2 atom stereocenters. The van der Waals surface area contributed by atoms with Gasteiger partial charge in [-0.05, 0) is 63.1 Å². The summed E-state index contributed by atoms with van der Waals surface area (Å²) in [7, 11) is 0. The van der Waals surface area contributed by atoms with Crippen molar-refractivity contribution in [2.75, 3.05) is 52.5 Å². The number of pyridine rings is 1.